The molecule has 9 heteroatoms. The van der Waals surface area contributed by atoms with E-state index in [9.17, 15) is 0 Å². The fourth-order valence-electron chi connectivity index (χ4n) is 6.62. The first-order valence-electron chi connectivity index (χ1n) is 14.8. The van der Waals surface area contributed by atoms with Crippen molar-refractivity contribution in [1.82, 2.24) is 4.90 Å². The third-order valence-corrected chi connectivity index (χ3v) is 8.74. The molecule has 0 radical (unpaired) electrons. The number of rotatable bonds is 6. The molecule has 0 spiro atoms. The largest absolute Gasteiger partial charge is 0.497 e. The molecule has 0 saturated carbocycles. The molecule has 0 amide bonds. The third-order valence-electron chi connectivity index (χ3n) is 8.74. The maximum Gasteiger partial charge on any atom is 0.217 e. The lowest BCUT2D eigenvalue weighted by atomic mass is 9.82. The van der Waals surface area contributed by atoms with Gasteiger partial charge in [0.05, 0.1) is 40.6 Å². The normalized spacial score (nSPS) is 20.5. The number of methoxy groups -OCH3 is 2. The van der Waals surface area contributed by atoms with Crippen molar-refractivity contribution < 1.29 is 32.5 Å². The molecule has 44 heavy (non-hydrogen) atoms. The molecule has 0 aromatic heterocycles. The van der Waals surface area contributed by atoms with Crippen LogP contribution in [0.2, 0.25) is 0 Å². The fraction of sp³-hybridized carbons (Fsp3) is 0.314. The number of ether oxygens (including phenoxy) is 5. The lowest BCUT2D eigenvalue weighted by molar-refractivity contribution is -0.0919. The van der Waals surface area contributed by atoms with Gasteiger partial charge in [0.25, 0.3) is 0 Å². The molecule has 3 aliphatic heterocycles. The van der Waals surface area contributed by atoms with Gasteiger partial charge in [-0.2, -0.15) is 0 Å². The van der Waals surface area contributed by atoms with Gasteiger partial charge < -0.3 is 28.6 Å². The molecule has 0 N–H and O–H groups in total. The topological polar surface area (TPSA) is 52.6 Å². The number of anilines is 1. The van der Waals surface area contributed by atoms with E-state index in [1.807, 2.05) is 36.4 Å². The van der Waals surface area contributed by atoms with Crippen LogP contribution in [-0.4, -0.2) is 71.7 Å². The molecule has 2 fully saturated rings. The summed E-state index contributed by atoms with van der Waals surface area (Å²) < 4.78 is 60.2. The molecule has 7 nitrogen and oxygen atoms in total. The van der Waals surface area contributed by atoms with Gasteiger partial charge in [0.15, 0.2) is 17.4 Å². The number of fused-ring (bicyclic) bond motifs is 3. The summed E-state index contributed by atoms with van der Waals surface area (Å²) >= 11 is 0. The van der Waals surface area contributed by atoms with Crippen molar-refractivity contribution in [1.29, 1.82) is 0 Å². The molecule has 3 heterocycles. The van der Waals surface area contributed by atoms with Crippen LogP contribution in [0.4, 0.5) is 14.5 Å². The second-order valence-corrected chi connectivity index (χ2v) is 11.1. The Morgan fingerprint density at radius 1 is 0.750 bits per heavy atom. The molecule has 0 aliphatic carbocycles. The Labute approximate surface area is 255 Å². The van der Waals surface area contributed by atoms with Gasteiger partial charge in [0, 0.05) is 60.0 Å². The predicted molar refractivity (Wildman–Crippen MR) is 165 cm³/mol. The molecule has 1 atom stereocenters. The fourth-order valence-corrected chi connectivity index (χ4v) is 6.62. The van der Waals surface area contributed by atoms with Crippen LogP contribution in [0.5, 0.6) is 17.2 Å². The standard InChI is InChI=1S/C35H34F2N2O5/c1-40-25-9-7-23(8-10-25)29-21-28-26-5-3-4-6-27(26)32(38-11-15-42-16-12-38)22-33(28)44-35(29,39-13-17-43-18-14-39)24-19-30(36)34(41-2)31(37)20-24/h3-10,19-22H,11-18H2,1-2H3. The highest BCUT2D eigenvalue weighted by Gasteiger charge is 2.49. The van der Waals surface area contributed by atoms with Gasteiger partial charge in [-0.3, -0.25) is 4.90 Å². The lowest BCUT2D eigenvalue weighted by Gasteiger charge is -2.49. The zero-order valence-electron chi connectivity index (χ0n) is 24.8. The van der Waals surface area contributed by atoms with Crippen LogP contribution in [0.3, 0.4) is 0 Å². The number of nitrogens with zero attached hydrogens (tertiary/aromatic N) is 2. The first-order valence-corrected chi connectivity index (χ1v) is 14.8. The summed E-state index contributed by atoms with van der Waals surface area (Å²) in [4.78, 5) is 4.42. The number of hydrogen-bond donors (Lipinski definition) is 0. The predicted octanol–water partition coefficient (Wildman–Crippen LogP) is 6.09. The van der Waals surface area contributed by atoms with Gasteiger partial charge in [-0.25, -0.2) is 8.78 Å². The van der Waals surface area contributed by atoms with Crippen LogP contribution in [0.15, 0.2) is 66.7 Å². The van der Waals surface area contributed by atoms with Crippen LogP contribution < -0.4 is 19.1 Å². The third kappa shape index (κ3) is 4.76. The zero-order chi connectivity index (χ0) is 30.3. The van der Waals surface area contributed by atoms with E-state index in [0.29, 0.717) is 56.6 Å². The summed E-state index contributed by atoms with van der Waals surface area (Å²) in [7, 11) is 2.88. The first-order chi connectivity index (χ1) is 21.5. The lowest BCUT2D eigenvalue weighted by Crippen LogP contribution is -2.56. The van der Waals surface area contributed by atoms with Crippen LogP contribution in [0.25, 0.3) is 22.4 Å². The van der Waals surface area contributed by atoms with E-state index in [1.54, 1.807) is 7.11 Å². The van der Waals surface area contributed by atoms with Crippen molar-refractivity contribution in [2.45, 2.75) is 5.72 Å². The summed E-state index contributed by atoms with van der Waals surface area (Å²) in [6, 6.07) is 20.7. The monoisotopic (exact) mass is 600 g/mol. The van der Waals surface area contributed by atoms with Gasteiger partial charge >= 0.3 is 0 Å². The SMILES string of the molecule is COc1ccc(C2=Cc3c(cc(N4CCOCC4)c4ccccc34)OC2(c2cc(F)c(OC)c(F)c2)N2CCOCC2)cc1. The van der Waals surface area contributed by atoms with E-state index in [0.717, 1.165) is 46.2 Å². The molecule has 4 aromatic carbocycles. The van der Waals surface area contributed by atoms with E-state index < -0.39 is 23.1 Å². The molecular weight excluding hydrogens is 566 g/mol. The number of hydrogen-bond acceptors (Lipinski definition) is 7. The van der Waals surface area contributed by atoms with Crippen LogP contribution in [0, 0.1) is 11.6 Å². The smallest absolute Gasteiger partial charge is 0.217 e. The Balaban J connectivity index is 1.53. The van der Waals surface area contributed by atoms with Crippen LogP contribution in [-0.2, 0) is 15.2 Å². The summed E-state index contributed by atoms with van der Waals surface area (Å²) in [5.74, 6) is -0.703. The molecule has 228 valence electrons. The average Bonchev–Trinajstić information content (AvgIpc) is 3.08. The van der Waals surface area contributed by atoms with Crippen LogP contribution >= 0.6 is 0 Å². The molecule has 2 saturated heterocycles. The molecule has 4 aromatic rings. The number of benzene rings is 4. The molecule has 1 unspecified atom stereocenters. The van der Waals surface area contributed by atoms with Crippen molar-refractivity contribution >= 4 is 28.1 Å². The first kappa shape index (κ1) is 28.6. The van der Waals surface area contributed by atoms with Crippen molar-refractivity contribution in [3.05, 3.63) is 95.1 Å². The van der Waals surface area contributed by atoms with Gasteiger partial charge in [-0.15, -0.1) is 0 Å². The molecule has 0 bridgehead atoms. The molecular formula is C35H34F2N2O5. The van der Waals surface area contributed by atoms with Crippen molar-refractivity contribution in [3.63, 3.8) is 0 Å². The highest BCUT2D eigenvalue weighted by atomic mass is 19.1. The Morgan fingerprint density at radius 3 is 2.02 bits per heavy atom. The summed E-state index contributed by atoms with van der Waals surface area (Å²) in [6.45, 7) is 4.64. The second kappa shape index (κ2) is 11.7. The number of morpholine rings is 2. The summed E-state index contributed by atoms with van der Waals surface area (Å²) in [5, 5.41) is 2.13. The Morgan fingerprint density at radius 2 is 1.39 bits per heavy atom. The quantitative estimate of drug-likeness (QED) is 0.266. The minimum Gasteiger partial charge on any atom is -0.497 e. The highest BCUT2D eigenvalue weighted by Crippen LogP contribution is 2.52. The van der Waals surface area contributed by atoms with Gasteiger partial charge in [0.2, 0.25) is 5.72 Å². The van der Waals surface area contributed by atoms with Crippen molar-refractivity contribution in [2.24, 2.45) is 0 Å². The van der Waals surface area contributed by atoms with Crippen molar-refractivity contribution in [2.75, 3.05) is 71.7 Å². The van der Waals surface area contributed by atoms with Gasteiger partial charge in [-0.05, 0) is 41.3 Å². The minimum atomic E-state index is -1.38. The van der Waals surface area contributed by atoms with Gasteiger partial charge in [-0.1, -0.05) is 36.4 Å². The van der Waals surface area contributed by atoms with E-state index in [2.05, 4.69) is 34.1 Å². The van der Waals surface area contributed by atoms with Crippen molar-refractivity contribution in [3.8, 4) is 17.2 Å². The number of halogens is 2. The zero-order valence-corrected chi connectivity index (χ0v) is 24.8. The van der Waals surface area contributed by atoms with E-state index >= 15 is 8.78 Å². The van der Waals surface area contributed by atoms with Crippen LogP contribution in [0.1, 0.15) is 16.7 Å². The maximum atomic E-state index is 15.5. The molecule has 7 rings (SSSR count). The van der Waals surface area contributed by atoms with E-state index in [-0.39, 0.29) is 0 Å². The minimum absolute atomic E-state index is 0.323. The highest BCUT2D eigenvalue weighted by molar-refractivity contribution is 6.06. The Bertz CT molecular complexity index is 1690. The Kier molecular flexibility index (Phi) is 7.62. The average molecular weight is 601 g/mol. The summed E-state index contributed by atoms with van der Waals surface area (Å²) in [6.07, 6.45) is 2.11. The van der Waals surface area contributed by atoms with E-state index in [4.69, 9.17) is 23.7 Å². The van der Waals surface area contributed by atoms with E-state index in [1.165, 1.54) is 19.2 Å². The maximum absolute atomic E-state index is 15.5. The second-order valence-electron chi connectivity index (χ2n) is 11.1. The van der Waals surface area contributed by atoms with Gasteiger partial charge in [0.1, 0.15) is 11.5 Å². The summed E-state index contributed by atoms with van der Waals surface area (Å²) in [5.41, 5.74) is 2.46. The Hall–Kier alpha value is -4.18. The molecule has 3 aliphatic rings.